The molecule has 0 bridgehead atoms. The number of carboxylic acids is 1. The first-order valence-electron chi connectivity index (χ1n) is 7.02. The fraction of sp³-hybridized carbons (Fsp3) is 0.571. The molecule has 1 saturated heterocycles. The van der Waals surface area contributed by atoms with Gasteiger partial charge >= 0.3 is 5.97 Å². The van der Waals surface area contributed by atoms with E-state index in [0.717, 1.165) is 32.0 Å². The van der Waals surface area contributed by atoms with Crippen molar-refractivity contribution in [1.29, 1.82) is 0 Å². The molecule has 3 N–H and O–H groups in total. The lowest BCUT2D eigenvalue weighted by Gasteiger charge is -2.22. The minimum atomic E-state index is -0.968. The fourth-order valence-electron chi connectivity index (χ4n) is 2.67. The lowest BCUT2D eigenvalue weighted by molar-refractivity contribution is -0.137. The molecule has 1 fully saturated rings. The molecule has 21 heavy (non-hydrogen) atoms. The van der Waals surface area contributed by atoms with E-state index in [9.17, 15) is 19.8 Å². The summed E-state index contributed by atoms with van der Waals surface area (Å²) in [5.74, 6) is -1.33. The Morgan fingerprint density at radius 2 is 1.95 bits per heavy atom. The minimum Gasteiger partial charge on any atom is -0.503 e. The Balaban J connectivity index is 2.38. The number of rotatable bonds is 6. The third-order valence-corrected chi connectivity index (χ3v) is 3.76. The van der Waals surface area contributed by atoms with Crippen LogP contribution in [0.15, 0.2) is 10.9 Å². The van der Waals surface area contributed by atoms with Crippen LogP contribution in [0.3, 0.4) is 0 Å². The van der Waals surface area contributed by atoms with Crippen LogP contribution in [0, 0.1) is 0 Å². The third-order valence-electron chi connectivity index (χ3n) is 3.76. The summed E-state index contributed by atoms with van der Waals surface area (Å²) >= 11 is 0. The van der Waals surface area contributed by atoms with E-state index in [1.165, 1.54) is 0 Å². The van der Waals surface area contributed by atoms with Crippen molar-refractivity contribution in [1.82, 2.24) is 9.47 Å². The van der Waals surface area contributed by atoms with Gasteiger partial charge in [-0.1, -0.05) is 0 Å². The molecule has 0 aromatic carbocycles. The molecule has 0 unspecified atom stereocenters. The lowest BCUT2D eigenvalue weighted by Crippen LogP contribution is -2.26. The van der Waals surface area contributed by atoms with Crippen molar-refractivity contribution in [3.63, 3.8) is 0 Å². The average Bonchev–Trinajstić information content (AvgIpc) is 2.95. The van der Waals surface area contributed by atoms with Crippen LogP contribution in [-0.4, -0.2) is 43.8 Å². The van der Waals surface area contributed by atoms with Crippen LogP contribution in [0.4, 0.5) is 0 Å². The van der Waals surface area contributed by atoms with Crippen LogP contribution < -0.4 is 5.43 Å². The number of hydrogen-bond donors (Lipinski definition) is 3. The quantitative estimate of drug-likeness (QED) is 0.689. The summed E-state index contributed by atoms with van der Waals surface area (Å²) < 4.78 is 1.54. The summed E-state index contributed by atoms with van der Waals surface area (Å²) in [5, 5.41) is 28.2. The molecule has 0 amide bonds. The molecular formula is C14H20N2O5. The van der Waals surface area contributed by atoms with Gasteiger partial charge in [-0.25, -0.2) is 0 Å². The molecule has 1 aliphatic rings. The summed E-state index contributed by atoms with van der Waals surface area (Å²) in [4.78, 5) is 24.6. The number of aliphatic hydroxyl groups excluding tert-OH is 1. The second kappa shape index (κ2) is 6.73. The zero-order valence-corrected chi connectivity index (χ0v) is 11.8. The highest BCUT2D eigenvalue weighted by atomic mass is 16.4. The summed E-state index contributed by atoms with van der Waals surface area (Å²) in [6.07, 6.45) is 2.00. The minimum absolute atomic E-state index is 0.113. The van der Waals surface area contributed by atoms with E-state index in [1.54, 1.807) is 4.57 Å². The van der Waals surface area contributed by atoms with Gasteiger partial charge in [0.25, 0.3) is 0 Å². The van der Waals surface area contributed by atoms with Gasteiger partial charge in [0.05, 0.1) is 18.7 Å². The Kier molecular flexibility index (Phi) is 4.98. The van der Waals surface area contributed by atoms with Gasteiger partial charge in [0.15, 0.2) is 5.75 Å². The van der Waals surface area contributed by atoms with Gasteiger partial charge in [-0.2, -0.15) is 0 Å². The molecule has 1 aromatic heterocycles. The Labute approximate surface area is 122 Å². The van der Waals surface area contributed by atoms with Crippen LogP contribution in [0.5, 0.6) is 5.75 Å². The van der Waals surface area contributed by atoms with Gasteiger partial charge in [-0.15, -0.1) is 0 Å². The molecule has 1 aromatic rings. The van der Waals surface area contributed by atoms with Gasteiger partial charge in [0.2, 0.25) is 5.43 Å². The molecule has 0 radical (unpaired) electrons. The van der Waals surface area contributed by atoms with Crippen LogP contribution in [0.2, 0.25) is 0 Å². The van der Waals surface area contributed by atoms with Crippen LogP contribution in [-0.2, 0) is 24.5 Å². The first kappa shape index (κ1) is 15.5. The topological polar surface area (TPSA) is 103 Å². The number of aromatic nitrogens is 1. The van der Waals surface area contributed by atoms with Crippen LogP contribution >= 0.6 is 0 Å². The van der Waals surface area contributed by atoms with Crippen molar-refractivity contribution in [2.75, 3.05) is 13.1 Å². The van der Waals surface area contributed by atoms with Gasteiger partial charge in [-0.05, 0) is 25.9 Å². The van der Waals surface area contributed by atoms with Crippen molar-refractivity contribution in [3.05, 3.63) is 27.7 Å². The SMILES string of the molecule is O=C(O)CCn1c(CO)cc(=O)c(O)c1CN1CCCC1. The molecule has 0 atom stereocenters. The van der Waals surface area contributed by atoms with E-state index in [2.05, 4.69) is 4.90 Å². The van der Waals surface area contributed by atoms with Crippen LogP contribution in [0.25, 0.3) is 0 Å². The normalized spacial score (nSPS) is 15.5. The Morgan fingerprint density at radius 3 is 2.52 bits per heavy atom. The maximum absolute atomic E-state index is 11.8. The first-order chi connectivity index (χ1) is 10.0. The predicted octanol–water partition coefficient (Wildman–Crippen LogP) is 0.117. The van der Waals surface area contributed by atoms with E-state index in [1.807, 2.05) is 0 Å². The van der Waals surface area contributed by atoms with Crippen molar-refractivity contribution in [3.8, 4) is 5.75 Å². The van der Waals surface area contributed by atoms with E-state index >= 15 is 0 Å². The van der Waals surface area contributed by atoms with Gasteiger partial charge in [0.1, 0.15) is 0 Å². The number of aliphatic carboxylic acids is 1. The van der Waals surface area contributed by atoms with Crippen molar-refractivity contribution >= 4 is 5.97 Å². The highest BCUT2D eigenvalue weighted by Gasteiger charge is 2.20. The number of pyridine rings is 1. The standard InChI is InChI=1S/C14H20N2O5/c17-9-10-7-12(18)14(21)11(8-15-4-1-2-5-15)16(10)6-3-13(19)20/h7,17,21H,1-6,8-9H2,(H,19,20). The van der Waals surface area contributed by atoms with E-state index < -0.39 is 11.4 Å². The molecule has 2 rings (SSSR count). The number of nitrogens with zero attached hydrogens (tertiary/aromatic N) is 2. The number of aromatic hydroxyl groups is 1. The van der Waals surface area contributed by atoms with Crippen LogP contribution in [0.1, 0.15) is 30.7 Å². The van der Waals surface area contributed by atoms with Gasteiger partial charge in [0, 0.05) is 24.8 Å². The predicted molar refractivity (Wildman–Crippen MR) is 75.1 cm³/mol. The number of likely N-dealkylation sites (tertiary alicyclic amines) is 1. The smallest absolute Gasteiger partial charge is 0.305 e. The summed E-state index contributed by atoms with van der Waals surface area (Å²) in [7, 11) is 0. The maximum Gasteiger partial charge on any atom is 0.305 e. The first-order valence-corrected chi connectivity index (χ1v) is 7.02. The van der Waals surface area contributed by atoms with Gasteiger partial charge < -0.3 is 19.9 Å². The summed E-state index contributed by atoms with van der Waals surface area (Å²) in [6, 6.07) is 1.16. The van der Waals surface area contributed by atoms with Crippen molar-refractivity contribution in [2.45, 2.75) is 39.0 Å². The Morgan fingerprint density at radius 1 is 1.29 bits per heavy atom. The van der Waals surface area contributed by atoms with Crippen molar-refractivity contribution in [2.24, 2.45) is 0 Å². The zero-order valence-electron chi connectivity index (χ0n) is 11.8. The average molecular weight is 296 g/mol. The monoisotopic (exact) mass is 296 g/mol. The van der Waals surface area contributed by atoms with E-state index in [0.29, 0.717) is 17.9 Å². The van der Waals surface area contributed by atoms with E-state index in [4.69, 9.17) is 5.11 Å². The Bertz CT molecular complexity index is 575. The Hall–Kier alpha value is -1.86. The number of hydrogen-bond acceptors (Lipinski definition) is 5. The summed E-state index contributed by atoms with van der Waals surface area (Å²) in [5.41, 5.74) is 0.169. The molecule has 7 heteroatoms. The highest BCUT2D eigenvalue weighted by Crippen LogP contribution is 2.20. The molecule has 1 aliphatic heterocycles. The van der Waals surface area contributed by atoms with Gasteiger partial charge in [-0.3, -0.25) is 14.5 Å². The molecule has 116 valence electrons. The fourth-order valence-corrected chi connectivity index (χ4v) is 2.67. The van der Waals surface area contributed by atoms with Crippen molar-refractivity contribution < 1.29 is 20.1 Å². The maximum atomic E-state index is 11.8. The molecular weight excluding hydrogens is 276 g/mol. The molecule has 0 spiro atoms. The highest BCUT2D eigenvalue weighted by molar-refractivity contribution is 5.66. The number of aliphatic hydroxyl groups is 1. The zero-order chi connectivity index (χ0) is 15.4. The summed E-state index contributed by atoms with van der Waals surface area (Å²) in [6.45, 7) is 1.89. The second-order valence-corrected chi connectivity index (χ2v) is 5.23. The number of carboxylic acid groups (broad SMARTS) is 1. The largest absolute Gasteiger partial charge is 0.503 e. The molecule has 0 aliphatic carbocycles. The molecule has 2 heterocycles. The molecule has 0 saturated carbocycles. The molecule has 7 nitrogen and oxygen atoms in total. The number of carbonyl (C=O) groups is 1. The lowest BCUT2D eigenvalue weighted by atomic mass is 10.2. The third kappa shape index (κ3) is 3.62. The second-order valence-electron chi connectivity index (χ2n) is 5.23. The van der Waals surface area contributed by atoms with E-state index in [-0.39, 0.29) is 25.3 Å².